The van der Waals surface area contributed by atoms with Gasteiger partial charge in [-0.2, -0.15) is 5.26 Å². The van der Waals surface area contributed by atoms with Crippen molar-refractivity contribution in [2.24, 2.45) is 5.41 Å². The van der Waals surface area contributed by atoms with E-state index in [1.165, 1.54) is 12.3 Å². The van der Waals surface area contributed by atoms with Crippen LogP contribution in [0.5, 0.6) is 11.5 Å². The van der Waals surface area contributed by atoms with Crippen molar-refractivity contribution >= 4 is 11.8 Å². The SMILES string of the molecule is CC(C)(C)OC(=O)N1CC2(CCN(c3ccc(Oc4cncc(-c5ccc(F)c(F)c5)c4)cc3C#N)CC2)C1. The first-order valence-electron chi connectivity index (χ1n) is 12.9. The summed E-state index contributed by atoms with van der Waals surface area (Å²) in [4.78, 5) is 20.5. The minimum Gasteiger partial charge on any atom is -0.456 e. The first kappa shape index (κ1) is 26.4. The van der Waals surface area contributed by atoms with Crippen LogP contribution in [0.2, 0.25) is 0 Å². The van der Waals surface area contributed by atoms with Gasteiger partial charge in [-0.25, -0.2) is 13.6 Å². The fraction of sp³-hybridized carbons (Fsp3) is 0.367. The van der Waals surface area contributed by atoms with Crippen LogP contribution in [0.3, 0.4) is 0 Å². The smallest absolute Gasteiger partial charge is 0.410 e. The number of halogens is 2. The third kappa shape index (κ3) is 5.80. The Bertz CT molecular complexity index is 1430. The third-order valence-corrected chi connectivity index (χ3v) is 7.16. The van der Waals surface area contributed by atoms with E-state index >= 15 is 0 Å². The third-order valence-electron chi connectivity index (χ3n) is 7.16. The Morgan fingerprint density at radius 1 is 0.974 bits per heavy atom. The fourth-order valence-electron chi connectivity index (χ4n) is 5.15. The summed E-state index contributed by atoms with van der Waals surface area (Å²) in [6, 6.07) is 13.0. The summed E-state index contributed by atoms with van der Waals surface area (Å²) in [5.74, 6) is -0.967. The molecule has 3 aromatic rings. The van der Waals surface area contributed by atoms with Crippen molar-refractivity contribution in [1.29, 1.82) is 5.26 Å². The molecule has 0 aliphatic carbocycles. The number of aromatic nitrogens is 1. The molecule has 2 aromatic carbocycles. The van der Waals surface area contributed by atoms with Crippen molar-refractivity contribution < 1.29 is 23.0 Å². The molecule has 0 bridgehead atoms. The van der Waals surface area contributed by atoms with Gasteiger partial charge in [0.05, 0.1) is 17.4 Å². The maximum absolute atomic E-state index is 13.7. The molecule has 2 fully saturated rings. The molecular formula is C30H30F2N4O3. The van der Waals surface area contributed by atoms with Crippen LogP contribution in [0.25, 0.3) is 11.1 Å². The number of hydrogen-bond acceptors (Lipinski definition) is 6. The van der Waals surface area contributed by atoms with Gasteiger partial charge in [0, 0.05) is 49.4 Å². The zero-order chi connectivity index (χ0) is 27.8. The van der Waals surface area contributed by atoms with E-state index in [0.29, 0.717) is 41.3 Å². The molecule has 0 N–H and O–H groups in total. The van der Waals surface area contributed by atoms with Crippen LogP contribution in [0, 0.1) is 28.4 Å². The van der Waals surface area contributed by atoms with Crippen molar-refractivity contribution in [1.82, 2.24) is 9.88 Å². The maximum atomic E-state index is 13.7. The van der Waals surface area contributed by atoms with Gasteiger partial charge in [-0.15, -0.1) is 0 Å². The van der Waals surface area contributed by atoms with Gasteiger partial charge in [0.15, 0.2) is 11.6 Å². The number of benzene rings is 2. The predicted molar refractivity (Wildman–Crippen MR) is 143 cm³/mol. The molecule has 0 saturated carbocycles. The Balaban J connectivity index is 1.22. The second kappa shape index (κ2) is 10.2. The first-order chi connectivity index (χ1) is 18.5. The van der Waals surface area contributed by atoms with Crippen LogP contribution in [-0.2, 0) is 4.74 Å². The number of ether oxygens (including phenoxy) is 2. The Kier molecular flexibility index (Phi) is 6.89. The van der Waals surface area contributed by atoms with E-state index < -0.39 is 17.2 Å². The lowest BCUT2D eigenvalue weighted by molar-refractivity contribution is -0.0434. The molecule has 1 aromatic heterocycles. The number of hydrogen-bond donors (Lipinski definition) is 0. The summed E-state index contributed by atoms with van der Waals surface area (Å²) < 4.78 is 38.4. The fourth-order valence-corrected chi connectivity index (χ4v) is 5.15. The lowest BCUT2D eigenvalue weighted by Gasteiger charge is -2.54. The molecular weight excluding hydrogens is 502 g/mol. The zero-order valence-electron chi connectivity index (χ0n) is 22.2. The molecule has 3 heterocycles. The van der Waals surface area contributed by atoms with Gasteiger partial charge in [-0.05, 0) is 69.5 Å². The minimum atomic E-state index is -0.936. The van der Waals surface area contributed by atoms with Gasteiger partial charge in [0.1, 0.15) is 23.2 Å². The average molecular weight is 533 g/mol. The molecule has 1 amide bonds. The Morgan fingerprint density at radius 2 is 1.72 bits per heavy atom. The normalized spacial score (nSPS) is 16.4. The quantitative estimate of drug-likeness (QED) is 0.380. The number of carbonyl (C=O) groups is 1. The molecule has 2 aliphatic heterocycles. The highest BCUT2D eigenvalue weighted by Gasteiger charge is 2.48. The van der Waals surface area contributed by atoms with Gasteiger partial charge < -0.3 is 19.3 Å². The number of carbonyl (C=O) groups excluding carboxylic acids is 1. The summed E-state index contributed by atoms with van der Waals surface area (Å²) in [5.41, 5.74) is 1.99. The number of likely N-dealkylation sites (tertiary alicyclic amines) is 1. The van der Waals surface area contributed by atoms with E-state index in [-0.39, 0.29) is 11.5 Å². The van der Waals surface area contributed by atoms with E-state index in [9.17, 15) is 18.8 Å². The van der Waals surface area contributed by atoms with Crippen LogP contribution in [0.1, 0.15) is 39.2 Å². The zero-order valence-corrected chi connectivity index (χ0v) is 22.2. The highest BCUT2D eigenvalue weighted by Crippen LogP contribution is 2.42. The lowest BCUT2D eigenvalue weighted by Crippen LogP contribution is -2.62. The Morgan fingerprint density at radius 3 is 2.38 bits per heavy atom. The standard InChI is InChI=1S/C30H30F2N4O3/c1-29(2,3)39-28(37)36-18-30(19-36)8-10-35(11-9-30)27-7-5-23(12-21(27)15-33)38-24-13-22(16-34-17-24)20-4-6-25(31)26(32)14-20/h4-7,12-14,16-17H,8-11,18-19H2,1-3H3. The van der Waals surface area contributed by atoms with E-state index in [1.807, 2.05) is 26.8 Å². The van der Waals surface area contributed by atoms with Gasteiger partial charge in [-0.3, -0.25) is 4.98 Å². The van der Waals surface area contributed by atoms with E-state index in [4.69, 9.17) is 9.47 Å². The Hall–Kier alpha value is -4.19. The highest BCUT2D eigenvalue weighted by atomic mass is 19.2. The predicted octanol–water partition coefficient (Wildman–Crippen LogP) is 6.53. The number of amides is 1. The second-order valence-corrected chi connectivity index (χ2v) is 11.3. The van der Waals surface area contributed by atoms with Crippen LogP contribution in [0.4, 0.5) is 19.3 Å². The molecule has 0 atom stereocenters. The van der Waals surface area contributed by atoms with E-state index in [1.54, 1.807) is 29.3 Å². The van der Waals surface area contributed by atoms with Crippen LogP contribution >= 0.6 is 0 Å². The summed E-state index contributed by atoms with van der Waals surface area (Å²) >= 11 is 0. The number of piperidine rings is 1. The second-order valence-electron chi connectivity index (χ2n) is 11.3. The summed E-state index contributed by atoms with van der Waals surface area (Å²) in [6.45, 7) is 8.58. The number of anilines is 1. The lowest BCUT2D eigenvalue weighted by atomic mass is 9.72. The van der Waals surface area contributed by atoms with Crippen molar-refractivity contribution in [2.75, 3.05) is 31.1 Å². The topological polar surface area (TPSA) is 78.7 Å². The molecule has 39 heavy (non-hydrogen) atoms. The number of pyridine rings is 1. The molecule has 9 heteroatoms. The molecule has 2 aliphatic rings. The van der Waals surface area contributed by atoms with Crippen molar-refractivity contribution in [3.63, 3.8) is 0 Å². The van der Waals surface area contributed by atoms with Crippen LogP contribution in [0.15, 0.2) is 54.9 Å². The minimum absolute atomic E-state index is 0.106. The maximum Gasteiger partial charge on any atom is 0.410 e. The van der Waals surface area contributed by atoms with E-state index in [0.717, 1.165) is 43.8 Å². The summed E-state index contributed by atoms with van der Waals surface area (Å²) in [6.07, 6.45) is 4.66. The molecule has 0 unspecified atom stereocenters. The van der Waals surface area contributed by atoms with Crippen molar-refractivity contribution in [2.45, 2.75) is 39.2 Å². The largest absolute Gasteiger partial charge is 0.456 e. The van der Waals surface area contributed by atoms with Gasteiger partial charge in [-0.1, -0.05) is 6.07 Å². The van der Waals surface area contributed by atoms with Gasteiger partial charge in [0.25, 0.3) is 0 Å². The molecule has 7 nitrogen and oxygen atoms in total. The van der Waals surface area contributed by atoms with Crippen molar-refractivity contribution in [3.05, 3.63) is 72.1 Å². The highest BCUT2D eigenvalue weighted by molar-refractivity contribution is 5.70. The molecule has 1 spiro atoms. The number of rotatable bonds is 4. The average Bonchev–Trinajstić information content (AvgIpc) is 2.88. The molecule has 2 saturated heterocycles. The monoisotopic (exact) mass is 532 g/mol. The van der Waals surface area contributed by atoms with Gasteiger partial charge in [0.2, 0.25) is 0 Å². The first-order valence-corrected chi connectivity index (χ1v) is 12.9. The number of nitrogens with zero attached hydrogens (tertiary/aromatic N) is 4. The molecule has 0 radical (unpaired) electrons. The van der Waals surface area contributed by atoms with Crippen molar-refractivity contribution in [3.8, 4) is 28.7 Å². The summed E-state index contributed by atoms with van der Waals surface area (Å²) in [5, 5.41) is 9.86. The Labute approximate surface area is 226 Å². The van der Waals surface area contributed by atoms with E-state index in [2.05, 4.69) is 16.0 Å². The number of nitriles is 1. The molecule has 202 valence electrons. The molecule has 5 rings (SSSR count). The van der Waals surface area contributed by atoms with Gasteiger partial charge >= 0.3 is 6.09 Å². The van der Waals surface area contributed by atoms with Crippen LogP contribution < -0.4 is 9.64 Å². The van der Waals surface area contributed by atoms with Crippen LogP contribution in [-0.4, -0.2) is 47.8 Å². The summed E-state index contributed by atoms with van der Waals surface area (Å²) in [7, 11) is 0.